The zero-order valence-corrected chi connectivity index (χ0v) is 11.1. The molecule has 0 heterocycles. The fraction of sp³-hybridized carbons (Fsp3) is 0.750. The van der Waals surface area contributed by atoms with Crippen LogP contribution < -0.4 is 0 Å². The maximum Gasteiger partial charge on any atom is 0.247 e. The van der Waals surface area contributed by atoms with Gasteiger partial charge in [-0.05, 0) is 27.7 Å². The largest absolute Gasteiger partial charge is 0.579 e. The highest BCUT2D eigenvalue weighted by Gasteiger charge is 1.89. The van der Waals surface area contributed by atoms with Crippen molar-refractivity contribution in [2.45, 2.75) is 27.7 Å². The molecule has 0 fully saturated rings. The number of ether oxygens (including phenoxy) is 2. The van der Waals surface area contributed by atoms with Crippen molar-refractivity contribution < 1.29 is 13.6 Å². The molecule has 0 unspecified atom stereocenters. The van der Waals surface area contributed by atoms with E-state index < -0.39 is 0 Å². The van der Waals surface area contributed by atoms with Gasteiger partial charge in [0.1, 0.15) is 10.7 Å². The Labute approximate surface area is 84.5 Å². The molecule has 0 N–H and O–H groups in total. The Morgan fingerprint density at radius 2 is 1.31 bits per heavy atom. The van der Waals surface area contributed by atoms with Gasteiger partial charge in [-0.3, -0.25) is 0 Å². The molecule has 13 heavy (non-hydrogen) atoms. The second kappa shape index (κ2) is 8.18. The third kappa shape index (κ3) is 7.92. The van der Waals surface area contributed by atoms with Crippen LogP contribution in [0.1, 0.15) is 27.7 Å². The maximum absolute atomic E-state index is 5.50. The van der Waals surface area contributed by atoms with E-state index in [1.165, 1.54) is 0 Å². The summed E-state index contributed by atoms with van der Waals surface area (Å²) < 4.78 is 16.1. The summed E-state index contributed by atoms with van der Waals surface area (Å²) in [6.45, 7) is 9.35. The van der Waals surface area contributed by atoms with Crippen molar-refractivity contribution in [3.63, 3.8) is 0 Å². The lowest BCUT2D eigenvalue weighted by molar-refractivity contribution is 0.329. The van der Waals surface area contributed by atoms with Crippen LogP contribution in [0.2, 0.25) is 0 Å². The number of rotatable bonds is 6. The van der Waals surface area contributed by atoms with Gasteiger partial charge in [0.2, 0.25) is 18.8 Å². The Hall–Kier alpha value is -0.426. The fourth-order valence-corrected chi connectivity index (χ4v) is 3.02. The Bertz CT molecular complexity index is 170. The molecule has 0 amide bonds. The van der Waals surface area contributed by atoms with Gasteiger partial charge in [-0.25, -0.2) is 0 Å². The van der Waals surface area contributed by atoms with Gasteiger partial charge in [0.25, 0.3) is 0 Å². The smallest absolute Gasteiger partial charge is 0.247 e. The quantitative estimate of drug-likeness (QED) is 0.591. The minimum Gasteiger partial charge on any atom is -0.579 e. The molecule has 0 saturated carbocycles. The van der Waals surface area contributed by atoms with Gasteiger partial charge in [-0.1, -0.05) is 0 Å². The first-order chi connectivity index (χ1) is 6.20. The zero-order chi connectivity index (χ0) is 10.1. The van der Waals surface area contributed by atoms with Crippen LogP contribution in [0.15, 0.2) is 0 Å². The number of hydrogen-bond acceptors (Lipinski definition) is 3. The molecule has 0 saturated heterocycles. The molecule has 0 aromatic rings. The first kappa shape index (κ1) is 12.6. The normalized spacial score (nSPS) is 12.6. The molecule has 0 aromatic carbocycles. The van der Waals surface area contributed by atoms with E-state index in [2.05, 4.69) is 0 Å². The SMILES string of the molecule is CCOC(C)=[SiH]O[SiH]=C(C)OCC. The molecule has 0 spiro atoms. The minimum atomic E-state index is -0.132. The van der Waals surface area contributed by atoms with Gasteiger partial charge in [-0.15, -0.1) is 0 Å². The Morgan fingerprint density at radius 1 is 0.923 bits per heavy atom. The van der Waals surface area contributed by atoms with Gasteiger partial charge in [0.05, 0.1) is 13.2 Å². The lowest BCUT2D eigenvalue weighted by Gasteiger charge is -2.03. The second-order valence-corrected chi connectivity index (χ2v) is 5.65. The maximum atomic E-state index is 5.50. The molecular weight excluding hydrogens is 200 g/mol. The van der Waals surface area contributed by atoms with E-state index in [0.717, 1.165) is 23.9 Å². The molecule has 76 valence electrons. The van der Waals surface area contributed by atoms with Crippen molar-refractivity contribution in [3.8, 4) is 0 Å². The van der Waals surface area contributed by atoms with E-state index >= 15 is 0 Å². The molecule has 0 aliphatic rings. The topological polar surface area (TPSA) is 27.7 Å². The lowest BCUT2D eigenvalue weighted by atomic mass is 10.8. The summed E-state index contributed by atoms with van der Waals surface area (Å²) in [6.07, 6.45) is 0. The van der Waals surface area contributed by atoms with Crippen molar-refractivity contribution in [1.29, 1.82) is 0 Å². The highest BCUT2D eigenvalue weighted by atomic mass is 28.3. The van der Waals surface area contributed by atoms with Crippen molar-refractivity contribution in [3.05, 3.63) is 0 Å². The summed E-state index contributed by atoms with van der Waals surface area (Å²) in [5, 5.41) is 2.03. The standard InChI is InChI=1S/C8H18O3Si2/c1-5-9-7(3)12-11-13-8(4)10-6-2/h12-13H,5-6H2,1-4H3. The molecule has 0 rings (SSSR count). The van der Waals surface area contributed by atoms with Gasteiger partial charge in [0, 0.05) is 0 Å². The van der Waals surface area contributed by atoms with Crippen molar-refractivity contribution >= 4 is 29.5 Å². The van der Waals surface area contributed by atoms with E-state index in [9.17, 15) is 0 Å². The van der Waals surface area contributed by atoms with Crippen LogP contribution in [0.4, 0.5) is 0 Å². The van der Waals surface area contributed by atoms with E-state index in [4.69, 9.17) is 13.6 Å². The first-order valence-electron chi connectivity index (χ1n) is 4.45. The third-order valence-corrected chi connectivity index (χ3v) is 3.30. The van der Waals surface area contributed by atoms with E-state index in [-0.39, 0.29) is 18.8 Å². The van der Waals surface area contributed by atoms with Crippen LogP contribution in [0.5, 0.6) is 0 Å². The first-order valence-corrected chi connectivity index (χ1v) is 6.55. The highest BCUT2D eigenvalue weighted by Crippen LogP contribution is 1.76. The summed E-state index contributed by atoms with van der Waals surface area (Å²) in [6, 6.07) is 0. The summed E-state index contributed by atoms with van der Waals surface area (Å²) in [7, 11) is -0.264. The highest BCUT2D eigenvalue weighted by molar-refractivity contribution is 6.57. The second-order valence-electron chi connectivity index (χ2n) is 2.46. The monoisotopic (exact) mass is 218 g/mol. The van der Waals surface area contributed by atoms with Crippen LogP contribution >= 0.6 is 0 Å². The zero-order valence-electron chi connectivity index (χ0n) is 8.79. The molecule has 0 aromatic heterocycles. The van der Waals surface area contributed by atoms with Crippen LogP contribution in [-0.2, 0) is 13.6 Å². The van der Waals surface area contributed by atoms with Crippen LogP contribution in [-0.4, -0.2) is 42.7 Å². The minimum absolute atomic E-state index is 0.132. The van der Waals surface area contributed by atoms with Gasteiger partial charge < -0.3 is 13.6 Å². The van der Waals surface area contributed by atoms with Gasteiger partial charge in [-0.2, -0.15) is 0 Å². The van der Waals surface area contributed by atoms with E-state index in [1.807, 2.05) is 27.7 Å². The summed E-state index contributed by atoms with van der Waals surface area (Å²) in [5.74, 6) is 0. The average Bonchev–Trinajstić information content (AvgIpc) is 2.05. The summed E-state index contributed by atoms with van der Waals surface area (Å²) in [4.78, 5) is 0. The molecule has 5 heteroatoms. The summed E-state index contributed by atoms with van der Waals surface area (Å²) >= 11 is 0. The Morgan fingerprint density at radius 3 is 1.62 bits per heavy atom. The van der Waals surface area contributed by atoms with E-state index in [0.29, 0.717) is 0 Å². The molecule has 3 nitrogen and oxygen atoms in total. The van der Waals surface area contributed by atoms with Gasteiger partial charge in [0.15, 0.2) is 0 Å². The molecule has 0 bridgehead atoms. The molecule has 0 radical (unpaired) electrons. The Kier molecular flexibility index (Phi) is 7.92. The molecule has 0 aliphatic carbocycles. The summed E-state index contributed by atoms with van der Waals surface area (Å²) in [5.41, 5.74) is 0. The fourth-order valence-electron chi connectivity index (χ4n) is 0.749. The molecule has 0 atom stereocenters. The lowest BCUT2D eigenvalue weighted by Crippen LogP contribution is -2.11. The number of hydrogen-bond donors (Lipinski definition) is 0. The van der Waals surface area contributed by atoms with Crippen molar-refractivity contribution in [2.24, 2.45) is 0 Å². The third-order valence-electron chi connectivity index (χ3n) is 1.21. The van der Waals surface area contributed by atoms with Gasteiger partial charge >= 0.3 is 0 Å². The van der Waals surface area contributed by atoms with E-state index in [1.54, 1.807) is 0 Å². The van der Waals surface area contributed by atoms with Crippen LogP contribution in [0.3, 0.4) is 0 Å². The van der Waals surface area contributed by atoms with Crippen LogP contribution in [0, 0.1) is 0 Å². The van der Waals surface area contributed by atoms with Crippen LogP contribution in [0.25, 0.3) is 0 Å². The predicted octanol–water partition coefficient (Wildman–Crippen LogP) is 0.0786. The van der Waals surface area contributed by atoms with Crippen molar-refractivity contribution in [2.75, 3.05) is 13.2 Å². The van der Waals surface area contributed by atoms with Crippen molar-refractivity contribution in [1.82, 2.24) is 0 Å². The average molecular weight is 218 g/mol. The predicted molar refractivity (Wildman–Crippen MR) is 60.0 cm³/mol. The molecular formula is C8H18O3Si2. The molecule has 0 aliphatic heterocycles. The Balaban J connectivity index is 3.74.